The largest absolute Gasteiger partial charge is 0.508 e. The second-order valence-corrected chi connectivity index (χ2v) is 7.25. The van der Waals surface area contributed by atoms with Gasteiger partial charge in [0, 0.05) is 35.8 Å². The number of amides is 2. The molecule has 0 bridgehead atoms. The van der Waals surface area contributed by atoms with Crippen LogP contribution in [0.15, 0.2) is 67.0 Å². The van der Waals surface area contributed by atoms with Crippen molar-refractivity contribution in [2.24, 2.45) is 0 Å². The SMILES string of the molecule is O=C(NC1CC1)c1ccc(N(Cc2cccnc2)C(=O)c2ccc(O)cc2O)cc1. The number of phenols is 2. The average Bonchev–Trinajstić information content (AvgIpc) is 3.56. The number of benzene rings is 2. The molecule has 0 spiro atoms. The normalized spacial score (nSPS) is 12.9. The highest BCUT2D eigenvalue weighted by atomic mass is 16.3. The van der Waals surface area contributed by atoms with Crippen LogP contribution in [0.4, 0.5) is 5.69 Å². The number of hydrogen-bond donors (Lipinski definition) is 3. The number of rotatable bonds is 6. The smallest absolute Gasteiger partial charge is 0.262 e. The van der Waals surface area contributed by atoms with Gasteiger partial charge in [0.2, 0.25) is 0 Å². The number of carbonyl (C=O) groups is 2. The van der Waals surface area contributed by atoms with E-state index in [9.17, 15) is 19.8 Å². The first-order chi connectivity index (χ1) is 14.5. The van der Waals surface area contributed by atoms with Crippen molar-refractivity contribution < 1.29 is 19.8 Å². The summed E-state index contributed by atoms with van der Waals surface area (Å²) in [5, 5.41) is 22.6. The summed E-state index contributed by atoms with van der Waals surface area (Å²) in [7, 11) is 0. The second-order valence-electron chi connectivity index (χ2n) is 7.25. The zero-order valence-electron chi connectivity index (χ0n) is 16.2. The Morgan fingerprint density at radius 1 is 1.07 bits per heavy atom. The maximum atomic E-state index is 13.2. The number of phenolic OH excluding ortho intramolecular Hbond substituents is 2. The molecule has 30 heavy (non-hydrogen) atoms. The van der Waals surface area contributed by atoms with E-state index in [1.807, 2.05) is 6.07 Å². The van der Waals surface area contributed by atoms with Crippen LogP contribution in [0.25, 0.3) is 0 Å². The lowest BCUT2D eigenvalue weighted by atomic mass is 10.1. The molecule has 152 valence electrons. The number of nitrogens with zero attached hydrogens (tertiary/aromatic N) is 2. The Bertz CT molecular complexity index is 1060. The highest BCUT2D eigenvalue weighted by Crippen LogP contribution is 2.27. The van der Waals surface area contributed by atoms with Gasteiger partial charge in [0.15, 0.2) is 0 Å². The number of carbonyl (C=O) groups excluding carboxylic acids is 2. The monoisotopic (exact) mass is 403 g/mol. The predicted molar refractivity (Wildman–Crippen MR) is 111 cm³/mol. The molecule has 4 rings (SSSR count). The van der Waals surface area contributed by atoms with Gasteiger partial charge in [0.1, 0.15) is 11.5 Å². The van der Waals surface area contributed by atoms with Gasteiger partial charge in [0.05, 0.1) is 12.1 Å². The maximum absolute atomic E-state index is 13.2. The number of hydrogen-bond acceptors (Lipinski definition) is 5. The number of pyridine rings is 1. The fourth-order valence-electron chi connectivity index (χ4n) is 3.09. The van der Waals surface area contributed by atoms with Gasteiger partial charge < -0.3 is 20.4 Å². The Morgan fingerprint density at radius 2 is 1.83 bits per heavy atom. The molecular formula is C23H21N3O4. The third-order valence-electron chi connectivity index (χ3n) is 4.87. The van der Waals surface area contributed by atoms with Crippen LogP contribution >= 0.6 is 0 Å². The van der Waals surface area contributed by atoms with Crippen molar-refractivity contribution in [1.29, 1.82) is 0 Å². The van der Waals surface area contributed by atoms with Gasteiger partial charge in [-0.05, 0) is 60.9 Å². The van der Waals surface area contributed by atoms with Crippen molar-refractivity contribution in [3.63, 3.8) is 0 Å². The van der Waals surface area contributed by atoms with Crippen LogP contribution in [0, 0.1) is 0 Å². The van der Waals surface area contributed by atoms with Gasteiger partial charge in [-0.2, -0.15) is 0 Å². The van der Waals surface area contributed by atoms with E-state index in [-0.39, 0.29) is 35.6 Å². The third kappa shape index (κ3) is 4.41. The van der Waals surface area contributed by atoms with Gasteiger partial charge >= 0.3 is 0 Å². The number of aromatic hydroxyl groups is 2. The lowest BCUT2D eigenvalue weighted by Gasteiger charge is -2.24. The minimum atomic E-state index is -0.438. The summed E-state index contributed by atoms with van der Waals surface area (Å²) in [6.07, 6.45) is 5.32. The zero-order valence-corrected chi connectivity index (χ0v) is 16.2. The van der Waals surface area contributed by atoms with Crippen LogP contribution in [-0.2, 0) is 6.54 Å². The van der Waals surface area contributed by atoms with Gasteiger partial charge in [-0.3, -0.25) is 14.6 Å². The van der Waals surface area contributed by atoms with Crippen LogP contribution in [0.3, 0.4) is 0 Å². The minimum absolute atomic E-state index is 0.0623. The Balaban J connectivity index is 1.64. The fourth-order valence-corrected chi connectivity index (χ4v) is 3.09. The van der Waals surface area contributed by atoms with Gasteiger partial charge in [-0.15, -0.1) is 0 Å². The lowest BCUT2D eigenvalue weighted by Crippen LogP contribution is -2.31. The Hall–Kier alpha value is -3.87. The van der Waals surface area contributed by atoms with Crippen LogP contribution in [-0.4, -0.2) is 33.1 Å². The van der Waals surface area contributed by atoms with Gasteiger partial charge in [-0.1, -0.05) is 6.07 Å². The summed E-state index contributed by atoms with van der Waals surface area (Å²) in [6, 6.07) is 14.5. The van der Waals surface area contributed by atoms with E-state index in [0.717, 1.165) is 24.5 Å². The molecule has 1 aliphatic rings. The Morgan fingerprint density at radius 3 is 2.47 bits per heavy atom. The molecule has 0 atom stereocenters. The molecule has 0 radical (unpaired) electrons. The highest BCUT2D eigenvalue weighted by Gasteiger charge is 2.25. The number of anilines is 1. The van der Waals surface area contributed by atoms with E-state index in [1.165, 1.54) is 17.0 Å². The lowest BCUT2D eigenvalue weighted by molar-refractivity contribution is 0.0949. The van der Waals surface area contributed by atoms with E-state index in [1.54, 1.807) is 42.7 Å². The van der Waals surface area contributed by atoms with Crippen molar-refractivity contribution in [2.75, 3.05) is 4.90 Å². The van der Waals surface area contributed by atoms with Crippen molar-refractivity contribution in [3.8, 4) is 11.5 Å². The molecular weight excluding hydrogens is 382 g/mol. The molecule has 1 fully saturated rings. The van der Waals surface area contributed by atoms with Crippen LogP contribution in [0.1, 0.15) is 39.1 Å². The van der Waals surface area contributed by atoms with Crippen molar-refractivity contribution >= 4 is 17.5 Å². The first kappa shape index (κ1) is 19.4. The molecule has 0 unspecified atom stereocenters. The van der Waals surface area contributed by atoms with Crippen LogP contribution < -0.4 is 10.2 Å². The zero-order chi connectivity index (χ0) is 21.1. The molecule has 2 aromatic carbocycles. The van der Waals surface area contributed by atoms with E-state index in [2.05, 4.69) is 10.3 Å². The number of nitrogens with one attached hydrogen (secondary N) is 1. The molecule has 1 aliphatic carbocycles. The topological polar surface area (TPSA) is 103 Å². The molecule has 1 saturated carbocycles. The molecule has 1 heterocycles. The van der Waals surface area contributed by atoms with E-state index >= 15 is 0 Å². The summed E-state index contributed by atoms with van der Waals surface area (Å²) in [4.78, 5) is 31.1. The summed E-state index contributed by atoms with van der Waals surface area (Å²) >= 11 is 0. The first-order valence-electron chi connectivity index (χ1n) is 9.65. The summed E-state index contributed by atoms with van der Waals surface area (Å²) in [5.41, 5.74) is 1.96. The van der Waals surface area contributed by atoms with Gasteiger partial charge in [-0.25, -0.2) is 0 Å². The third-order valence-corrected chi connectivity index (χ3v) is 4.87. The molecule has 0 aliphatic heterocycles. The van der Waals surface area contributed by atoms with E-state index in [0.29, 0.717) is 11.3 Å². The van der Waals surface area contributed by atoms with Crippen molar-refractivity contribution in [3.05, 3.63) is 83.7 Å². The first-order valence-corrected chi connectivity index (χ1v) is 9.65. The molecule has 0 saturated heterocycles. The average molecular weight is 403 g/mol. The molecule has 7 nitrogen and oxygen atoms in total. The Labute approximate surface area is 173 Å². The van der Waals surface area contributed by atoms with Crippen LogP contribution in [0.2, 0.25) is 0 Å². The summed E-state index contributed by atoms with van der Waals surface area (Å²) in [5.74, 6) is -1.01. The van der Waals surface area contributed by atoms with E-state index in [4.69, 9.17) is 0 Å². The quantitative estimate of drug-likeness (QED) is 0.586. The fraction of sp³-hybridized carbons (Fsp3) is 0.174. The molecule has 3 aromatic rings. The predicted octanol–water partition coefficient (Wildman–Crippen LogP) is 3.23. The molecule has 3 N–H and O–H groups in total. The standard InChI is InChI=1S/C23H21N3O4/c27-19-9-10-20(21(28)12-19)23(30)26(14-15-2-1-11-24-13-15)18-7-3-16(4-8-18)22(29)25-17-5-6-17/h1-4,7-13,17,27-28H,5-6,14H2,(H,25,29). The van der Waals surface area contributed by atoms with Crippen molar-refractivity contribution in [2.45, 2.75) is 25.4 Å². The molecule has 2 amide bonds. The summed E-state index contributed by atoms with van der Waals surface area (Å²) in [6.45, 7) is 0.223. The maximum Gasteiger partial charge on any atom is 0.262 e. The van der Waals surface area contributed by atoms with Crippen LogP contribution in [0.5, 0.6) is 11.5 Å². The molecule has 7 heteroatoms. The summed E-state index contributed by atoms with van der Waals surface area (Å²) < 4.78 is 0. The number of aromatic nitrogens is 1. The Kier molecular flexibility index (Phi) is 5.34. The second kappa shape index (κ2) is 8.24. The van der Waals surface area contributed by atoms with Gasteiger partial charge in [0.25, 0.3) is 11.8 Å². The molecule has 1 aromatic heterocycles. The van der Waals surface area contributed by atoms with E-state index < -0.39 is 5.91 Å². The minimum Gasteiger partial charge on any atom is -0.508 e. The van der Waals surface area contributed by atoms with Crippen molar-refractivity contribution in [1.82, 2.24) is 10.3 Å². The highest BCUT2D eigenvalue weighted by molar-refractivity contribution is 6.08.